The van der Waals surface area contributed by atoms with Gasteiger partial charge >= 0.3 is 6.03 Å². The Morgan fingerprint density at radius 1 is 1.10 bits per heavy atom. The number of nitrogens with zero attached hydrogens (tertiary/aromatic N) is 1. The van der Waals surface area contributed by atoms with Gasteiger partial charge in [0.1, 0.15) is 0 Å². The fourth-order valence-electron chi connectivity index (χ4n) is 1.62. The minimum atomic E-state index is -0.396. The number of nitrogens with one attached hydrogen (secondary N) is 2. The van der Waals surface area contributed by atoms with Crippen LogP contribution < -0.4 is 16.5 Å². The second-order valence-electron chi connectivity index (χ2n) is 4.39. The molecule has 0 saturated carbocycles. The van der Waals surface area contributed by atoms with Gasteiger partial charge in [0.15, 0.2) is 0 Å². The first kappa shape index (κ1) is 15.1. The Labute approximate surface area is 131 Å². The summed E-state index contributed by atoms with van der Waals surface area (Å²) in [6.07, 6.45) is 0. The van der Waals surface area contributed by atoms with Crippen molar-refractivity contribution in [2.45, 2.75) is 6.92 Å². The van der Waals surface area contributed by atoms with Gasteiger partial charge in [-0.3, -0.25) is 0 Å². The highest BCUT2D eigenvalue weighted by Gasteiger charge is 2.01. The molecule has 6 heteroatoms. The van der Waals surface area contributed by atoms with Crippen LogP contribution in [0.25, 0.3) is 0 Å². The molecule has 4 N–H and O–H groups in total. The van der Waals surface area contributed by atoms with Crippen molar-refractivity contribution in [3.8, 4) is 0 Å². The Bertz CT molecular complexity index is 650. The number of nitrogens with two attached hydrogens (primary N) is 1. The Morgan fingerprint density at radius 2 is 1.71 bits per heavy atom. The summed E-state index contributed by atoms with van der Waals surface area (Å²) >= 11 is 3.33. The highest BCUT2D eigenvalue weighted by atomic mass is 79.9. The van der Waals surface area contributed by atoms with Gasteiger partial charge in [-0.2, -0.15) is 5.10 Å². The van der Waals surface area contributed by atoms with E-state index in [0.29, 0.717) is 17.1 Å². The SMILES string of the molecule is C/C(=N\NC(=O)Nc1ccc(Br)cc1)c1ccc(N)cc1. The lowest BCUT2D eigenvalue weighted by atomic mass is 10.1. The normalized spacial score (nSPS) is 11.0. The van der Waals surface area contributed by atoms with Gasteiger partial charge in [-0.25, -0.2) is 10.2 Å². The summed E-state index contributed by atoms with van der Waals surface area (Å²) in [7, 11) is 0. The molecule has 2 amide bonds. The third kappa shape index (κ3) is 4.61. The molecule has 0 radical (unpaired) electrons. The van der Waals surface area contributed by atoms with Crippen molar-refractivity contribution in [1.82, 2.24) is 5.43 Å². The number of carbonyl (C=O) groups excluding carboxylic acids is 1. The molecule has 0 saturated heterocycles. The van der Waals surface area contributed by atoms with Gasteiger partial charge in [-0.1, -0.05) is 28.1 Å². The van der Waals surface area contributed by atoms with Crippen LogP contribution in [0.1, 0.15) is 12.5 Å². The molecular formula is C15H15BrN4O. The molecule has 0 unspecified atom stereocenters. The van der Waals surface area contributed by atoms with E-state index >= 15 is 0 Å². The van der Waals surface area contributed by atoms with E-state index in [-0.39, 0.29) is 0 Å². The lowest BCUT2D eigenvalue weighted by Gasteiger charge is -2.06. The number of nitrogen functional groups attached to an aromatic ring is 1. The van der Waals surface area contributed by atoms with Gasteiger partial charge in [0.25, 0.3) is 0 Å². The zero-order valence-corrected chi connectivity index (χ0v) is 13.0. The zero-order chi connectivity index (χ0) is 15.2. The number of anilines is 2. The van der Waals surface area contributed by atoms with Crippen LogP contribution in [0.15, 0.2) is 58.1 Å². The number of hydrogen-bond donors (Lipinski definition) is 3. The molecule has 5 nitrogen and oxygen atoms in total. The monoisotopic (exact) mass is 346 g/mol. The van der Waals surface area contributed by atoms with Crippen molar-refractivity contribution < 1.29 is 4.79 Å². The molecular weight excluding hydrogens is 332 g/mol. The molecule has 0 fully saturated rings. The smallest absolute Gasteiger partial charge is 0.339 e. The van der Waals surface area contributed by atoms with E-state index in [1.165, 1.54) is 0 Å². The molecule has 0 aliphatic heterocycles. The standard InChI is InChI=1S/C15H15BrN4O/c1-10(11-2-6-13(17)7-3-11)19-20-15(21)18-14-8-4-12(16)5-9-14/h2-9H,17H2,1H3,(H2,18,20,21)/b19-10+. The molecule has 0 aliphatic carbocycles. The minimum absolute atomic E-state index is 0.396. The lowest BCUT2D eigenvalue weighted by molar-refractivity contribution is 0.252. The molecule has 0 aliphatic rings. The zero-order valence-electron chi connectivity index (χ0n) is 11.4. The van der Waals surface area contributed by atoms with E-state index < -0.39 is 6.03 Å². The van der Waals surface area contributed by atoms with E-state index in [1.54, 1.807) is 24.3 Å². The van der Waals surface area contributed by atoms with Crippen LogP contribution in [-0.4, -0.2) is 11.7 Å². The predicted molar refractivity (Wildman–Crippen MR) is 89.4 cm³/mol. The minimum Gasteiger partial charge on any atom is -0.399 e. The summed E-state index contributed by atoms with van der Waals surface area (Å²) in [6, 6.07) is 14.2. The number of urea groups is 1. The number of amides is 2. The summed E-state index contributed by atoms with van der Waals surface area (Å²) in [4.78, 5) is 11.7. The largest absolute Gasteiger partial charge is 0.399 e. The van der Waals surface area contributed by atoms with Crippen molar-refractivity contribution in [1.29, 1.82) is 0 Å². The van der Waals surface area contributed by atoms with Crippen molar-refractivity contribution in [2.24, 2.45) is 5.10 Å². The van der Waals surface area contributed by atoms with Crippen LogP contribution in [0, 0.1) is 0 Å². The Morgan fingerprint density at radius 3 is 2.33 bits per heavy atom. The third-order valence-corrected chi connectivity index (χ3v) is 3.28. The summed E-state index contributed by atoms with van der Waals surface area (Å²) in [5.41, 5.74) is 11.0. The summed E-state index contributed by atoms with van der Waals surface area (Å²) in [5.74, 6) is 0. The number of carbonyl (C=O) groups is 1. The molecule has 0 atom stereocenters. The molecule has 2 aromatic carbocycles. The van der Waals surface area contributed by atoms with Crippen molar-refractivity contribution in [3.05, 3.63) is 58.6 Å². The number of rotatable bonds is 3. The average Bonchev–Trinajstić information content (AvgIpc) is 2.48. The Hall–Kier alpha value is -2.34. The molecule has 0 aromatic heterocycles. The predicted octanol–water partition coefficient (Wildman–Crippen LogP) is 3.58. The topological polar surface area (TPSA) is 79.5 Å². The maximum absolute atomic E-state index is 11.7. The van der Waals surface area contributed by atoms with Crippen molar-refractivity contribution in [3.63, 3.8) is 0 Å². The van der Waals surface area contributed by atoms with Crippen molar-refractivity contribution >= 4 is 39.0 Å². The van der Waals surface area contributed by atoms with Crippen LogP contribution in [0.2, 0.25) is 0 Å². The van der Waals surface area contributed by atoms with E-state index in [4.69, 9.17) is 5.73 Å². The van der Waals surface area contributed by atoms with Gasteiger partial charge < -0.3 is 11.1 Å². The highest BCUT2D eigenvalue weighted by molar-refractivity contribution is 9.10. The van der Waals surface area contributed by atoms with Crippen LogP contribution >= 0.6 is 15.9 Å². The maximum atomic E-state index is 11.7. The first-order valence-corrected chi connectivity index (χ1v) is 7.06. The van der Waals surface area contributed by atoms with Crippen LogP contribution in [-0.2, 0) is 0 Å². The van der Waals surface area contributed by atoms with Gasteiger partial charge in [-0.05, 0) is 48.9 Å². The summed E-state index contributed by atoms with van der Waals surface area (Å²) in [6.45, 7) is 1.81. The van der Waals surface area contributed by atoms with Crippen LogP contribution in [0.5, 0.6) is 0 Å². The first-order valence-electron chi connectivity index (χ1n) is 6.27. The summed E-state index contributed by atoms with van der Waals surface area (Å²) in [5, 5.41) is 6.73. The van der Waals surface area contributed by atoms with E-state index in [0.717, 1.165) is 10.0 Å². The molecule has 0 heterocycles. The first-order chi connectivity index (χ1) is 10.0. The second kappa shape index (κ2) is 6.90. The van der Waals surface area contributed by atoms with Gasteiger partial charge in [0.2, 0.25) is 0 Å². The average molecular weight is 347 g/mol. The molecule has 2 rings (SSSR count). The Kier molecular flexibility index (Phi) is 4.94. The maximum Gasteiger partial charge on any atom is 0.339 e. The van der Waals surface area contributed by atoms with Gasteiger partial charge in [0, 0.05) is 15.8 Å². The number of benzene rings is 2. The van der Waals surface area contributed by atoms with Gasteiger partial charge in [0.05, 0.1) is 5.71 Å². The van der Waals surface area contributed by atoms with Crippen molar-refractivity contribution in [2.75, 3.05) is 11.1 Å². The third-order valence-electron chi connectivity index (χ3n) is 2.76. The highest BCUT2D eigenvalue weighted by Crippen LogP contribution is 2.13. The van der Waals surface area contributed by atoms with Crippen LogP contribution in [0.3, 0.4) is 0 Å². The number of halogens is 1. The number of hydrogen-bond acceptors (Lipinski definition) is 3. The quantitative estimate of drug-likeness (QED) is 0.451. The molecule has 2 aromatic rings. The molecule has 0 spiro atoms. The van der Waals surface area contributed by atoms with Gasteiger partial charge in [-0.15, -0.1) is 0 Å². The van der Waals surface area contributed by atoms with Crippen LogP contribution in [0.4, 0.5) is 16.2 Å². The van der Waals surface area contributed by atoms with E-state index in [9.17, 15) is 4.79 Å². The molecule has 0 bridgehead atoms. The Balaban J connectivity index is 1.94. The second-order valence-corrected chi connectivity index (χ2v) is 5.31. The van der Waals surface area contributed by atoms with E-state index in [1.807, 2.05) is 31.2 Å². The molecule has 21 heavy (non-hydrogen) atoms. The number of hydrazone groups is 1. The van der Waals surface area contributed by atoms with E-state index in [2.05, 4.69) is 31.8 Å². The molecule has 108 valence electrons. The fraction of sp³-hybridized carbons (Fsp3) is 0.0667. The summed E-state index contributed by atoms with van der Waals surface area (Å²) < 4.78 is 0.950. The lowest BCUT2D eigenvalue weighted by Crippen LogP contribution is -2.25. The fourth-order valence-corrected chi connectivity index (χ4v) is 1.88.